The molecule has 2 aromatic rings. The summed E-state index contributed by atoms with van der Waals surface area (Å²) in [5.74, 6) is 4.98. The lowest BCUT2D eigenvalue weighted by molar-refractivity contribution is -0.0692. The van der Waals surface area contributed by atoms with Crippen LogP contribution in [0, 0.1) is 51.8 Å². The molecule has 4 heteroatoms. The molecule has 4 nitrogen and oxygen atoms in total. The number of allylic oxidation sites excluding steroid dienone is 1. The van der Waals surface area contributed by atoms with Gasteiger partial charge in [-0.3, -0.25) is 4.98 Å². The SMILES string of the molecule is CC(C)CCC[C@@H](C)[C@H]1CC[C@H]2[C@@H]3CC=C4C[C@@H](OC(=O)OC(c5nccc6ccccc56)C(C)(C)C)CC[C@]4(C)[C@H]3CC[C@]12C. The van der Waals surface area contributed by atoms with E-state index in [1.54, 1.807) is 5.57 Å². The lowest BCUT2D eigenvalue weighted by Gasteiger charge is -2.58. The molecule has 1 aromatic heterocycles. The summed E-state index contributed by atoms with van der Waals surface area (Å²) in [4.78, 5) is 18.1. The van der Waals surface area contributed by atoms with Gasteiger partial charge in [-0.05, 0) is 103 Å². The number of pyridine rings is 1. The van der Waals surface area contributed by atoms with E-state index < -0.39 is 12.3 Å². The molecule has 9 atom stereocenters. The van der Waals surface area contributed by atoms with Crippen LogP contribution in [0.1, 0.15) is 138 Å². The minimum atomic E-state index is -0.564. The molecule has 0 radical (unpaired) electrons. The first-order valence-corrected chi connectivity index (χ1v) is 18.7. The second-order valence-electron chi connectivity index (χ2n) is 17.8. The van der Waals surface area contributed by atoms with Crippen molar-refractivity contribution in [3.63, 3.8) is 0 Å². The molecule has 3 fully saturated rings. The van der Waals surface area contributed by atoms with Crippen LogP contribution < -0.4 is 0 Å². The van der Waals surface area contributed by atoms with Crippen molar-refractivity contribution in [2.24, 2.45) is 51.8 Å². The first-order valence-electron chi connectivity index (χ1n) is 18.7. The molecule has 252 valence electrons. The van der Waals surface area contributed by atoms with Crippen molar-refractivity contribution in [3.05, 3.63) is 53.9 Å². The van der Waals surface area contributed by atoms with Crippen LogP contribution in [0.25, 0.3) is 10.8 Å². The zero-order chi connectivity index (χ0) is 32.9. The van der Waals surface area contributed by atoms with Crippen LogP contribution in [-0.4, -0.2) is 17.2 Å². The van der Waals surface area contributed by atoms with Crippen molar-refractivity contribution in [2.75, 3.05) is 0 Å². The Morgan fingerprint density at radius 2 is 1.76 bits per heavy atom. The fourth-order valence-electron chi connectivity index (χ4n) is 11.0. The number of nitrogens with zero attached hydrogens (tertiary/aromatic N) is 1. The molecular weight excluding hydrogens is 566 g/mol. The Morgan fingerprint density at radius 3 is 2.52 bits per heavy atom. The van der Waals surface area contributed by atoms with Crippen LogP contribution >= 0.6 is 0 Å². The van der Waals surface area contributed by atoms with Gasteiger partial charge >= 0.3 is 6.16 Å². The Balaban J connectivity index is 1.11. The molecule has 4 aliphatic carbocycles. The van der Waals surface area contributed by atoms with Crippen molar-refractivity contribution in [1.82, 2.24) is 4.98 Å². The van der Waals surface area contributed by atoms with Gasteiger partial charge in [0.05, 0.1) is 5.69 Å². The van der Waals surface area contributed by atoms with Crippen LogP contribution in [0.15, 0.2) is 48.2 Å². The highest BCUT2D eigenvalue weighted by Gasteiger charge is 2.59. The van der Waals surface area contributed by atoms with Gasteiger partial charge in [0.1, 0.15) is 6.10 Å². The molecule has 0 bridgehead atoms. The number of carbonyl (C=O) groups excluding carboxylic acids is 1. The Labute approximate surface area is 279 Å². The first kappa shape index (κ1) is 33.5. The van der Waals surface area contributed by atoms with Gasteiger partial charge in [0.15, 0.2) is 6.10 Å². The number of hydrogen-bond donors (Lipinski definition) is 0. The maximum atomic E-state index is 13.4. The lowest BCUT2D eigenvalue weighted by atomic mass is 9.47. The molecule has 0 aliphatic heterocycles. The number of carbonyl (C=O) groups is 1. The third-order valence-corrected chi connectivity index (χ3v) is 13.5. The van der Waals surface area contributed by atoms with Gasteiger partial charge in [-0.25, -0.2) is 4.79 Å². The third kappa shape index (κ3) is 6.28. The van der Waals surface area contributed by atoms with Crippen molar-refractivity contribution in [2.45, 2.75) is 138 Å². The minimum absolute atomic E-state index is 0.124. The van der Waals surface area contributed by atoms with Crippen LogP contribution in [0.3, 0.4) is 0 Å². The van der Waals surface area contributed by atoms with Crippen molar-refractivity contribution in [3.8, 4) is 0 Å². The first-order chi connectivity index (χ1) is 21.8. The normalized spacial score (nSPS) is 33.8. The Bertz CT molecular complexity index is 1420. The average Bonchev–Trinajstić information content (AvgIpc) is 3.36. The van der Waals surface area contributed by atoms with Crippen molar-refractivity contribution in [1.29, 1.82) is 0 Å². The van der Waals surface area contributed by atoms with E-state index in [4.69, 9.17) is 14.5 Å². The molecular formula is C42H61NO3. The number of ether oxygens (including phenoxy) is 2. The summed E-state index contributed by atoms with van der Waals surface area (Å²) >= 11 is 0. The lowest BCUT2D eigenvalue weighted by Crippen LogP contribution is -2.51. The van der Waals surface area contributed by atoms with Gasteiger partial charge in [-0.15, -0.1) is 0 Å². The molecule has 0 amide bonds. The largest absolute Gasteiger partial charge is 0.509 e. The monoisotopic (exact) mass is 627 g/mol. The molecule has 1 unspecified atom stereocenters. The maximum Gasteiger partial charge on any atom is 0.509 e. The second-order valence-corrected chi connectivity index (χ2v) is 17.8. The molecule has 3 saturated carbocycles. The topological polar surface area (TPSA) is 48.4 Å². The predicted molar refractivity (Wildman–Crippen MR) is 188 cm³/mol. The number of aromatic nitrogens is 1. The predicted octanol–water partition coefficient (Wildman–Crippen LogP) is 11.9. The van der Waals surface area contributed by atoms with E-state index in [0.29, 0.717) is 5.41 Å². The zero-order valence-electron chi connectivity index (χ0n) is 30.1. The van der Waals surface area contributed by atoms with Gasteiger partial charge in [0.2, 0.25) is 0 Å². The van der Waals surface area contributed by atoms with Gasteiger partial charge in [-0.2, -0.15) is 0 Å². The van der Waals surface area contributed by atoms with Crippen LogP contribution in [0.5, 0.6) is 0 Å². The fraction of sp³-hybridized carbons (Fsp3) is 0.714. The maximum absolute atomic E-state index is 13.4. The molecule has 0 N–H and O–H groups in total. The van der Waals surface area contributed by atoms with Crippen LogP contribution in [0.2, 0.25) is 0 Å². The van der Waals surface area contributed by atoms with E-state index in [1.807, 2.05) is 24.4 Å². The van der Waals surface area contributed by atoms with Gasteiger partial charge in [0.25, 0.3) is 0 Å². The quantitative estimate of drug-likeness (QED) is 0.216. The minimum Gasteiger partial charge on any atom is -0.431 e. The zero-order valence-corrected chi connectivity index (χ0v) is 30.1. The van der Waals surface area contributed by atoms with Gasteiger partial charge in [-0.1, -0.05) is 111 Å². The Hall–Kier alpha value is -2.36. The molecule has 4 aliphatic rings. The van der Waals surface area contributed by atoms with Gasteiger partial charge < -0.3 is 9.47 Å². The van der Waals surface area contributed by atoms with E-state index in [1.165, 1.54) is 51.4 Å². The van der Waals surface area contributed by atoms with Gasteiger partial charge in [0, 0.05) is 23.4 Å². The molecule has 1 heterocycles. The van der Waals surface area contributed by atoms with E-state index in [9.17, 15) is 4.79 Å². The van der Waals surface area contributed by atoms with E-state index in [2.05, 4.69) is 73.6 Å². The van der Waals surface area contributed by atoms with Crippen LogP contribution in [0.4, 0.5) is 4.79 Å². The summed E-state index contributed by atoms with van der Waals surface area (Å²) in [6.07, 6.45) is 17.0. The summed E-state index contributed by atoms with van der Waals surface area (Å²) in [5.41, 5.74) is 2.75. The highest BCUT2D eigenvalue weighted by Crippen LogP contribution is 2.67. The molecule has 0 saturated heterocycles. The molecule has 0 spiro atoms. The third-order valence-electron chi connectivity index (χ3n) is 13.5. The number of hydrogen-bond acceptors (Lipinski definition) is 4. The Morgan fingerprint density at radius 1 is 0.978 bits per heavy atom. The average molecular weight is 628 g/mol. The summed E-state index contributed by atoms with van der Waals surface area (Å²) in [5, 5.41) is 2.12. The van der Waals surface area contributed by atoms with Crippen molar-refractivity contribution >= 4 is 16.9 Å². The smallest absolute Gasteiger partial charge is 0.431 e. The molecule has 1 aromatic carbocycles. The van der Waals surface area contributed by atoms with E-state index in [0.717, 1.165) is 71.2 Å². The standard InChI is InChI=1S/C42H61NO3/c1-27(2)12-11-13-28(3)34-18-19-35-33-17-16-30-26-31(20-23-41(30,7)36(33)21-24-42(34,35)8)45-39(44)46-38(40(4,5)6)37-32-15-10-9-14-29(32)22-25-43-37/h9-10,14-16,22,25,27-28,31,33-36,38H,11-13,17-21,23-24,26H2,1-8H3/t28-,31+,33+,34-,35+,36+,38?,41+,42-/m1/s1. The number of rotatable bonds is 8. The number of benzene rings is 1. The molecule has 46 heavy (non-hydrogen) atoms. The second kappa shape index (κ2) is 12.9. The van der Waals surface area contributed by atoms with Crippen molar-refractivity contribution < 1.29 is 14.3 Å². The summed E-state index contributed by atoms with van der Waals surface area (Å²) in [6, 6.07) is 10.2. The summed E-state index contributed by atoms with van der Waals surface area (Å²) < 4.78 is 12.3. The molecule has 6 rings (SSSR count). The summed E-state index contributed by atoms with van der Waals surface area (Å²) in [6.45, 7) is 18.8. The fourth-order valence-corrected chi connectivity index (χ4v) is 11.0. The highest BCUT2D eigenvalue weighted by atomic mass is 16.7. The van der Waals surface area contributed by atoms with Crippen LogP contribution in [-0.2, 0) is 9.47 Å². The van der Waals surface area contributed by atoms with E-state index in [-0.39, 0.29) is 16.9 Å². The Kier molecular flexibility index (Phi) is 9.42. The highest BCUT2D eigenvalue weighted by molar-refractivity contribution is 5.84. The van der Waals surface area contributed by atoms with E-state index >= 15 is 0 Å². The summed E-state index contributed by atoms with van der Waals surface area (Å²) in [7, 11) is 0. The number of fused-ring (bicyclic) bond motifs is 6.